The highest BCUT2D eigenvalue weighted by Gasteiger charge is 2.42. The molecular formula is C23H38N2O10S3. The van der Waals surface area contributed by atoms with E-state index in [4.69, 9.17) is 14.6 Å². The summed E-state index contributed by atoms with van der Waals surface area (Å²) in [6, 6.07) is -1.91. The molecule has 2 amide bonds. The maximum atomic E-state index is 13.0. The molecule has 0 aromatic heterocycles. The number of ether oxygens (including phenoxy) is 2. The molecule has 0 heterocycles. The number of esters is 1. The van der Waals surface area contributed by atoms with E-state index in [0.29, 0.717) is 36.5 Å². The van der Waals surface area contributed by atoms with Crippen molar-refractivity contribution in [1.29, 1.82) is 0 Å². The van der Waals surface area contributed by atoms with Gasteiger partial charge < -0.3 is 30.3 Å². The molecule has 1 rings (SSSR count). The predicted octanol–water partition coefficient (Wildman–Crippen LogP) is 2.38. The van der Waals surface area contributed by atoms with Gasteiger partial charge in [-0.3, -0.25) is 18.6 Å². The minimum absolute atomic E-state index is 0.348. The van der Waals surface area contributed by atoms with Crippen LogP contribution in [0.1, 0.15) is 59.3 Å². The van der Waals surface area contributed by atoms with Gasteiger partial charge in [-0.1, -0.05) is 48.3 Å². The van der Waals surface area contributed by atoms with Crippen LogP contribution in [0.5, 0.6) is 0 Å². The third-order valence-electron chi connectivity index (χ3n) is 5.81. The van der Waals surface area contributed by atoms with Crippen LogP contribution in [0, 0.1) is 11.3 Å². The second kappa shape index (κ2) is 16.9. The summed E-state index contributed by atoms with van der Waals surface area (Å²) in [5.74, 6) is -2.94. The second-order valence-corrected chi connectivity index (χ2v) is 13.5. The summed E-state index contributed by atoms with van der Waals surface area (Å²) >= 11 is 0. The molecule has 0 saturated heterocycles. The van der Waals surface area contributed by atoms with Gasteiger partial charge in [-0.25, -0.2) is 9.59 Å². The first kappa shape index (κ1) is 34.0. The summed E-state index contributed by atoms with van der Waals surface area (Å²) in [6.07, 6.45) is 2.11. The number of hydrogen-bond donors (Lipinski definition) is 4. The van der Waals surface area contributed by atoms with Crippen LogP contribution in [0.15, 0.2) is 0 Å². The van der Waals surface area contributed by atoms with Crippen LogP contribution in [0.2, 0.25) is 0 Å². The Hall–Kier alpha value is -2.00. The Bertz CT molecular complexity index is 864. The maximum absolute atomic E-state index is 13.0. The fourth-order valence-electron chi connectivity index (χ4n) is 3.64. The predicted molar refractivity (Wildman–Crippen MR) is 145 cm³/mol. The average molecular weight is 599 g/mol. The molecule has 38 heavy (non-hydrogen) atoms. The molecule has 218 valence electrons. The molecule has 1 aliphatic carbocycles. The normalized spacial score (nSPS) is 17.6. The van der Waals surface area contributed by atoms with E-state index in [1.807, 2.05) is 0 Å². The minimum Gasteiger partial charge on any atom is -0.481 e. The molecule has 4 atom stereocenters. The molecular weight excluding hydrogens is 560 g/mol. The lowest BCUT2D eigenvalue weighted by molar-refractivity contribution is -0.168. The molecule has 0 radical (unpaired) electrons. The van der Waals surface area contributed by atoms with E-state index >= 15 is 0 Å². The van der Waals surface area contributed by atoms with Crippen LogP contribution in [-0.2, 0) is 39.5 Å². The summed E-state index contributed by atoms with van der Waals surface area (Å²) < 4.78 is 21.7. The first-order valence-electron chi connectivity index (χ1n) is 12.2. The fourth-order valence-corrected chi connectivity index (χ4v) is 7.20. The molecule has 0 spiro atoms. The van der Waals surface area contributed by atoms with Gasteiger partial charge in [0.1, 0.15) is 6.04 Å². The minimum atomic E-state index is -1.51. The van der Waals surface area contributed by atoms with Crippen molar-refractivity contribution >= 4 is 62.3 Å². The summed E-state index contributed by atoms with van der Waals surface area (Å²) in [6.45, 7) is 4.74. The molecule has 1 saturated carbocycles. The number of carboxylic acid groups (broad SMARTS) is 2. The van der Waals surface area contributed by atoms with Gasteiger partial charge in [-0.15, -0.1) is 0 Å². The molecule has 1 aliphatic rings. The molecule has 2 unspecified atom stereocenters. The highest BCUT2D eigenvalue weighted by Crippen LogP contribution is 2.43. The van der Waals surface area contributed by atoms with Gasteiger partial charge in [-0.2, -0.15) is 0 Å². The van der Waals surface area contributed by atoms with E-state index in [-0.39, 0.29) is 5.92 Å². The zero-order valence-corrected chi connectivity index (χ0v) is 24.5. The highest BCUT2D eigenvalue weighted by molar-refractivity contribution is 8.76. The monoisotopic (exact) mass is 598 g/mol. The SMILES string of the molecule is CC(OC(=O)N[C@@H](CCS(C)=O)CSSCC1(C(=O)N[C@@H](CC(=O)O)C(=O)O)CCCC1)OC(=O)C(C)C. The molecule has 1 fully saturated rings. The molecule has 4 N–H and O–H groups in total. The van der Waals surface area contributed by atoms with E-state index < -0.39 is 70.9 Å². The highest BCUT2D eigenvalue weighted by atomic mass is 33.1. The third-order valence-corrected chi connectivity index (χ3v) is 9.26. The molecule has 15 heteroatoms. The standard InChI is InChI=1S/C23H38N2O10S3/c1-14(2)20(30)34-15(3)35-22(32)24-16(7-10-38(4)33)12-36-37-13-23(8-5-6-9-23)21(31)25-17(19(28)29)11-18(26)27/h14-17H,5-13H2,1-4H3,(H,24,32)(H,25,31)(H,26,27)(H,28,29)/t15?,16-,17-,38?/m0/s1. The van der Waals surface area contributed by atoms with E-state index in [9.17, 15) is 33.3 Å². The summed E-state index contributed by atoms with van der Waals surface area (Å²) in [7, 11) is 1.71. The Morgan fingerprint density at radius 3 is 2.16 bits per heavy atom. The van der Waals surface area contributed by atoms with Crippen molar-refractivity contribution < 1.29 is 47.9 Å². The molecule has 0 aromatic carbocycles. The fraction of sp³-hybridized carbons (Fsp3) is 0.783. The van der Waals surface area contributed by atoms with Gasteiger partial charge in [0.05, 0.1) is 17.8 Å². The van der Waals surface area contributed by atoms with Crippen LogP contribution < -0.4 is 10.6 Å². The van der Waals surface area contributed by atoms with Gasteiger partial charge in [-0.05, 0) is 19.3 Å². The Morgan fingerprint density at radius 2 is 1.63 bits per heavy atom. The van der Waals surface area contributed by atoms with Gasteiger partial charge in [0.25, 0.3) is 0 Å². The Balaban J connectivity index is 2.69. The lowest BCUT2D eigenvalue weighted by Gasteiger charge is -2.29. The van der Waals surface area contributed by atoms with Crippen molar-refractivity contribution in [3.63, 3.8) is 0 Å². The number of carbonyl (C=O) groups is 5. The summed E-state index contributed by atoms with van der Waals surface area (Å²) in [4.78, 5) is 59.4. The van der Waals surface area contributed by atoms with Crippen molar-refractivity contribution in [2.75, 3.05) is 23.5 Å². The Labute approximate surface area is 233 Å². The number of carboxylic acids is 2. The van der Waals surface area contributed by atoms with Crippen molar-refractivity contribution in [2.45, 2.75) is 77.7 Å². The quantitative estimate of drug-likeness (QED) is 0.0830. The average Bonchev–Trinajstić information content (AvgIpc) is 3.29. The number of nitrogens with one attached hydrogen (secondary N) is 2. The van der Waals surface area contributed by atoms with Crippen molar-refractivity contribution in [3.05, 3.63) is 0 Å². The van der Waals surface area contributed by atoms with Crippen LogP contribution >= 0.6 is 21.6 Å². The Kier molecular flexibility index (Phi) is 15.1. The van der Waals surface area contributed by atoms with Gasteiger partial charge in [0, 0.05) is 47.3 Å². The van der Waals surface area contributed by atoms with Crippen molar-refractivity contribution in [3.8, 4) is 0 Å². The van der Waals surface area contributed by atoms with Crippen LogP contribution in [0.3, 0.4) is 0 Å². The zero-order valence-electron chi connectivity index (χ0n) is 22.1. The van der Waals surface area contributed by atoms with E-state index in [1.165, 1.54) is 28.5 Å². The second-order valence-electron chi connectivity index (χ2n) is 9.47. The molecule has 0 aliphatic heterocycles. The topological polar surface area (TPSA) is 185 Å². The molecule has 0 bridgehead atoms. The molecule has 12 nitrogen and oxygen atoms in total. The summed E-state index contributed by atoms with van der Waals surface area (Å²) in [5.41, 5.74) is -0.813. The van der Waals surface area contributed by atoms with Crippen molar-refractivity contribution in [2.24, 2.45) is 11.3 Å². The number of rotatable bonds is 17. The van der Waals surface area contributed by atoms with Crippen LogP contribution in [0.25, 0.3) is 0 Å². The van der Waals surface area contributed by atoms with Gasteiger partial charge in [0.15, 0.2) is 0 Å². The van der Waals surface area contributed by atoms with Gasteiger partial charge in [0.2, 0.25) is 12.2 Å². The van der Waals surface area contributed by atoms with Crippen molar-refractivity contribution in [1.82, 2.24) is 10.6 Å². The third kappa shape index (κ3) is 12.7. The number of amides is 2. The van der Waals surface area contributed by atoms with E-state index in [0.717, 1.165) is 12.8 Å². The van der Waals surface area contributed by atoms with Gasteiger partial charge >= 0.3 is 24.0 Å². The zero-order chi connectivity index (χ0) is 28.9. The van der Waals surface area contributed by atoms with E-state index in [1.54, 1.807) is 20.1 Å². The largest absolute Gasteiger partial charge is 0.481 e. The lowest BCUT2D eigenvalue weighted by Crippen LogP contribution is -2.49. The number of alkyl carbamates (subject to hydrolysis) is 1. The number of aliphatic carboxylic acids is 2. The van der Waals surface area contributed by atoms with Crippen LogP contribution in [-0.4, -0.2) is 86.2 Å². The number of hydrogen-bond acceptors (Lipinski definition) is 10. The first-order valence-corrected chi connectivity index (χ1v) is 16.4. The smallest absolute Gasteiger partial charge is 0.410 e. The first-order chi connectivity index (χ1) is 17.8. The number of carbonyl (C=O) groups excluding carboxylic acids is 3. The maximum Gasteiger partial charge on any atom is 0.410 e. The summed E-state index contributed by atoms with van der Waals surface area (Å²) in [5, 5.41) is 23.3. The molecule has 0 aromatic rings. The Morgan fingerprint density at radius 1 is 1.00 bits per heavy atom. The van der Waals surface area contributed by atoms with E-state index in [2.05, 4.69) is 10.6 Å². The van der Waals surface area contributed by atoms with Crippen LogP contribution in [0.4, 0.5) is 4.79 Å². The lowest BCUT2D eigenvalue weighted by atomic mass is 9.87.